The number of nitrogens with two attached hydrogens (primary N) is 1. The maximum Gasteiger partial charge on any atom is 0.220 e. The van der Waals surface area contributed by atoms with Gasteiger partial charge < -0.3 is 10.6 Å². The van der Waals surface area contributed by atoms with Crippen molar-refractivity contribution in [3.8, 4) is 11.3 Å². The lowest BCUT2D eigenvalue weighted by Gasteiger charge is -2.13. The van der Waals surface area contributed by atoms with E-state index in [4.69, 9.17) is 5.73 Å². The van der Waals surface area contributed by atoms with Crippen LogP contribution in [0.2, 0.25) is 0 Å². The van der Waals surface area contributed by atoms with Gasteiger partial charge in [0.1, 0.15) is 0 Å². The normalized spacial score (nSPS) is 10.3. The van der Waals surface area contributed by atoms with E-state index in [0.29, 0.717) is 5.95 Å². The highest BCUT2D eigenvalue weighted by Gasteiger charge is 2.05. The Morgan fingerprint density at radius 3 is 2.35 bits per heavy atom. The van der Waals surface area contributed by atoms with Crippen LogP contribution < -0.4 is 10.6 Å². The van der Waals surface area contributed by atoms with Crippen LogP contribution in [0.4, 0.5) is 11.6 Å². The van der Waals surface area contributed by atoms with Gasteiger partial charge in [-0.3, -0.25) is 0 Å². The van der Waals surface area contributed by atoms with Crippen molar-refractivity contribution in [2.45, 2.75) is 6.92 Å². The summed E-state index contributed by atoms with van der Waals surface area (Å²) >= 11 is 0. The quantitative estimate of drug-likeness (QED) is 0.855. The molecule has 1 aromatic heterocycles. The van der Waals surface area contributed by atoms with Crippen molar-refractivity contribution in [1.29, 1.82) is 0 Å². The van der Waals surface area contributed by atoms with E-state index in [1.807, 2.05) is 33.2 Å². The molecule has 88 valence electrons. The number of nitrogens with zero attached hydrogens (tertiary/aromatic N) is 3. The summed E-state index contributed by atoms with van der Waals surface area (Å²) in [5.41, 5.74) is 9.75. The summed E-state index contributed by atoms with van der Waals surface area (Å²) < 4.78 is 0. The molecule has 2 N–H and O–H groups in total. The van der Waals surface area contributed by atoms with Gasteiger partial charge in [0, 0.05) is 31.5 Å². The molecule has 0 spiro atoms. The molecule has 0 aliphatic rings. The van der Waals surface area contributed by atoms with Crippen LogP contribution in [0.3, 0.4) is 0 Å². The van der Waals surface area contributed by atoms with E-state index < -0.39 is 0 Å². The van der Waals surface area contributed by atoms with Crippen LogP contribution in [0, 0.1) is 6.92 Å². The first kappa shape index (κ1) is 11.4. The Balaban J connectivity index is 2.43. The summed E-state index contributed by atoms with van der Waals surface area (Å²) in [5.74, 6) is 0.308. The van der Waals surface area contributed by atoms with Gasteiger partial charge in [-0.15, -0.1) is 0 Å². The van der Waals surface area contributed by atoms with Crippen LogP contribution in [0.25, 0.3) is 11.3 Å². The minimum Gasteiger partial charge on any atom is -0.378 e. The average Bonchev–Trinajstić information content (AvgIpc) is 2.32. The number of aryl methyl sites for hydroxylation is 1. The zero-order valence-electron chi connectivity index (χ0n) is 10.3. The molecule has 0 fully saturated rings. The molecule has 4 nitrogen and oxygen atoms in total. The molecule has 0 radical (unpaired) electrons. The fourth-order valence-corrected chi connectivity index (χ4v) is 1.67. The third kappa shape index (κ3) is 2.36. The summed E-state index contributed by atoms with van der Waals surface area (Å²) in [6.07, 6.45) is 1.75. The van der Waals surface area contributed by atoms with Gasteiger partial charge in [-0.1, -0.05) is 12.1 Å². The SMILES string of the molecule is Cc1cnc(N)nc1-c1ccc(N(C)C)cc1. The van der Waals surface area contributed by atoms with Crippen LogP contribution >= 0.6 is 0 Å². The first-order chi connectivity index (χ1) is 8.08. The molecule has 4 heteroatoms. The molecule has 0 amide bonds. The van der Waals surface area contributed by atoms with Crippen molar-refractivity contribution in [2.75, 3.05) is 24.7 Å². The minimum absolute atomic E-state index is 0.308. The summed E-state index contributed by atoms with van der Waals surface area (Å²) in [7, 11) is 4.03. The fourth-order valence-electron chi connectivity index (χ4n) is 1.67. The molecule has 0 atom stereocenters. The highest BCUT2D eigenvalue weighted by atomic mass is 15.1. The van der Waals surface area contributed by atoms with Crippen LogP contribution in [0.5, 0.6) is 0 Å². The Bertz CT molecular complexity index is 517. The summed E-state index contributed by atoms with van der Waals surface area (Å²) in [6.45, 7) is 1.98. The number of nitrogen functional groups attached to an aromatic ring is 1. The van der Waals surface area contributed by atoms with Gasteiger partial charge in [-0.25, -0.2) is 9.97 Å². The van der Waals surface area contributed by atoms with Gasteiger partial charge in [-0.05, 0) is 24.6 Å². The Hall–Kier alpha value is -2.10. The molecule has 0 aliphatic heterocycles. The summed E-state index contributed by atoms with van der Waals surface area (Å²) in [4.78, 5) is 10.3. The van der Waals surface area contributed by atoms with Crippen molar-refractivity contribution >= 4 is 11.6 Å². The summed E-state index contributed by atoms with van der Waals surface area (Å²) in [5, 5.41) is 0. The number of rotatable bonds is 2. The first-order valence-electron chi connectivity index (χ1n) is 5.45. The Morgan fingerprint density at radius 1 is 1.12 bits per heavy atom. The maximum atomic E-state index is 5.61. The summed E-state index contributed by atoms with van der Waals surface area (Å²) in [6, 6.07) is 8.22. The van der Waals surface area contributed by atoms with E-state index in [2.05, 4.69) is 27.0 Å². The maximum absolute atomic E-state index is 5.61. The third-order valence-electron chi connectivity index (χ3n) is 2.65. The lowest BCUT2D eigenvalue weighted by molar-refractivity contribution is 1.13. The van der Waals surface area contributed by atoms with E-state index in [0.717, 1.165) is 22.5 Å². The Morgan fingerprint density at radius 2 is 1.76 bits per heavy atom. The van der Waals surface area contributed by atoms with Crippen LogP contribution in [0.1, 0.15) is 5.56 Å². The van der Waals surface area contributed by atoms with Gasteiger partial charge >= 0.3 is 0 Å². The van der Waals surface area contributed by atoms with E-state index in [-0.39, 0.29) is 0 Å². The lowest BCUT2D eigenvalue weighted by atomic mass is 10.1. The second-order valence-corrected chi connectivity index (χ2v) is 4.20. The van der Waals surface area contributed by atoms with Crippen molar-refractivity contribution in [2.24, 2.45) is 0 Å². The van der Waals surface area contributed by atoms with Crippen molar-refractivity contribution in [1.82, 2.24) is 9.97 Å². The number of aromatic nitrogens is 2. The monoisotopic (exact) mass is 228 g/mol. The standard InChI is InChI=1S/C13H16N4/c1-9-8-15-13(14)16-12(9)10-4-6-11(7-5-10)17(2)3/h4-8H,1-3H3,(H2,14,15,16). The number of hydrogen-bond acceptors (Lipinski definition) is 4. The molecule has 1 heterocycles. The van der Waals surface area contributed by atoms with Crippen molar-refractivity contribution in [3.05, 3.63) is 36.0 Å². The molecule has 1 aromatic carbocycles. The van der Waals surface area contributed by atoms with E-state index in [1.54, 1.807) is 6.20 Å². The smallest absolute Gasteiger partial charge is 0.220 e. The van der Waals surface area contributed by atoms with E-state index >= 15 is 0 Å². The zero-order chi connectivity index (χ0) is 12.4. The number of hydrogen-bond donors (Lipinski definition) is 1. The van der Waals surface area contributed by atoms with Crippen LogP contribution in [0.15, 0.2) is 30.5 Å². The molecule has 0 bridgehead atoms. The predicted molar refractivity (Wildman–Crippen MR) is 70.9 cm³/mol. The Labute approximate surface area is 101 Å². The molecule has 17 heavy (non-hydrogen) atoms. The number of anilines is 2. The zero-order valence-corrected chi connectivity index (χ0v) is 10.3. The molecule has 0 unspecified atom stereocenters. The molecule has 2 aromatic rings. The topological polar surface area (TPSA) is 55.0 Å². The molecular weight excluding hydrogens is 212 g/mol. The van der Waals surface area contributed by atoms with E-state index in [9.17, 15) is 0 Å². The average molecular weight is 228 g/mol. The largest absolute Gasteiger partial charge is 0.378 e. The highest BCUT2D eigenvalue weighted by molar-refractivity contribution is 5.66. The van der Waals surface area contributed by atoms with Gasteiger partial charge in [0.25, 0.3) is 0 Å². The Kier molecular flexibility index (Phi) is 2.95. The van der Waals surface area contributed by atoms with Crippen LogP contribution in [-0.4, -0.2) is 24.1 Å². The molecule has 2 rings (SSSR count). The molecular formula is C13H16N4. The highest BCUT2D eigenvalue weighted by Crippen LogP contribution is 2.23. The van der Waals surface area contributed by atoms with Crippen molar-refractivity contribution < 1.29 is 0 Å². The van der Waals surface area contributed by atoms with Gasteiger partial charge in [0.05, 0.1) is 5.69 Å². The lowest BCUT2D eigenvalue weighted by Crippen LogP contribution is -2.08. The second kappa shape index (κ2) is 4.41. The van der Waals surface area contributed by atoms with Crippen LogP contribution in [-0.2, 0) is 0 Å². The van der Waals surface area contributed by atoms with Crippen molar-refractivity contribution in [3.63, 3.8) is 0 Å². The van der Waals surface area contributed by atoms with Gasteiger partial charge in [-0.2, -0.15) is 0 Å². The van der Waals surface area contributed by atoms with Gasteiger partial charge in [0.15, 0.2) is 0 Å². The second-order valence-electron chi connectivity index (χ2n) is 4.20. The molecule has 0 aliphatic carbocycles. The molecule has 0 saturated carbocycles. The number of benzene rings is 1. The first-order valence-corrected chi connectivity index (χ1v) is 5.45. The minimum atomic E-state index is 0.308. The predicted octanol–water partition coefficient (Wildman–Crippen LogP) is 2.10. The van der Waals surface area contributed by atoms with E-state index in [1.165, 1.54) is 0 Å². The molecule has 0 saturated heterocycles. The fraction of sp³-hybridized carbons (Fsp3) is 0.231. The van der Waals surface area contributed by atoms with Gasteiger partial charge in [0.2, 0.25) is 5.95 Å². The third-order valence-corrected chi connectivity index (χ3v) is 2.65.